The van der Waals surface area contributed by atoms with Crippen molar-refractivity contribution in [2.24, 2.45) is 17.3 Å². The molecule has 1 aliphatic heterocycles. The number of fused-ring (bicyclic) bond motifs is 5. The summed E-state index contributed by atoms with van der Waals surface area (Å²) in [5.74, 6) is 2.42. The molecule has 0 radical (unpaired) electrons. The van der Waals surface area contributed by atoms with E-state index < -0.39 is 30.5 Å². The minimum absolute atomic E-state index is 0.329. The van der Waals surface area contributed by atoms with E-state index in [1.807, 2.05) is 54.6 Å². The van der Waals surface area contributed by atoms with E-state index in [2.05, 4.69) is 61.5 Å². The molecule has 0 spiro atoms. The molecule has 1 N–H and O–H groups in total. The van der Waals surface area contributed by atoms with Crippen LogP contribution in [0, 0.1) is 17.3 Å². The molecule has 4 aliphatic rings. The highest BCUT2D eigenvalue weighted by Gasteiger charge is 2.50. The van der Waals surface area contributed by atoms with Crippen molar-refractivity contribution in [1.29, 1.82) is 0 Å². The highest BCUT2D eigenvalue weighted by Crippen LogP contribution is 2.60. The summed E-state index contributed by atoms with van der Waals surface area (Å²) in [5.41, 5.74) is 8.09. The zero-order chi connectivity index (χ0) is 34.6. The van der Waals surface area contributed by atoms with Crippen molar-refractivity contribution in [3.8, 4) is 0 Å². The molecule has 5 heteroatoms. The van der Waals surface area contributed by atoms with Crippen LogP contribution in [-0.2, 0) is 51.6 Å². The Morgan fingerprint density at radius 3 is 2.02 bits per heavy atom. The minimum Gasteiger partial charge on any atom is -0.388 e. The van der Waals surface area contributed by atoms with E-state index in [1.165, 1.54) is 49.7 Å². The van der Waals surface area contributed by atoms with Crippen molar-refractivity contribution in [3.63, 3.8) is 0 Å². The predicted molar refractivity (Wildman–Crippen MR) is 200 cm³/mol. The van der Waals surface area contributed by atoms with E-state index in [0.29, 0.717) is 44.2 Å². The maximum Gasteiger partial charge on any atom is 0.115 e. The number of benzene rings is 4. The molecule has 1 saturated heterocycles. The Kier molecular flexibility index (Phi) is 10.7. The van der Waals surface area contributed by atoms with Gasteiger partial charge in [0.05, 0.1) is 32.5 Å². The molecule has 8 rings (SSSR count). The fourth-order valence-corrected chi connectivity index (χ4v) is 10.1. The Hall–Kier alpha value is -3.32. The number of hydrogen-bond donors (Lipinski definition) is 1. The fourth-order valence-electron chi connectivity index (χ4n) is 10.1. The second kappa shape index (κ2) is 15.7. The molecule has 0 bridgehead atoms. The van der Waals surface area contributed by atoms with Gasteiger partial charge in [-0.25, -0.2) is 0 Å². The molecular formula is C46H54O5. The first kappa shape index (κ1) is 34.7. The highest BCUT2D eigenvalue weighted by atomic mass is 16.6. The molecule has 2 saturated carbocycles. The minimum atomic E-state index is -0.876. The third-order valence-electron chi connectivity index (χ3n) is 12.7. The Bertz CT molecular complexity index is 1700. The zero-order valence-corrected chi connectivity index (χ0v) is 30.1. The van der Waals surface area contributed by atoms with E-state index in [4.69, 9.17) is 18.9 Å². The van der Waals surface area contributed by atoms with Gasteiger partial charge >= 0.3 is 0 Å². The number of rotatable bonds is 12. The smallest absolute Gasteiger partial charge is 0.115 e. The van der Waals surface area contributed by atoms with Crippen LogP contribution in [0.3, 0.4) is 0 Å². The summed E-state index contributed by atoms with van der Waals surface area (Å²) in [6.07, 6.45) is 7.12. The first-order chi connectivity index (χ1) is 25.0. The normalized spacial score (nSPS) is 31.4. The van der Waals surface area contributed by atoms with Gasteiger partial charge in [0.15, 0.2) is 0 Å². The lowest BCUT2D eigenvalue weighted by molar-refractivity contribution is -0.260. The predicted octanol–water partition coefficient (Wildman–Crippen LogP) is 8.99. The Balaban J connectivity index is 1.03. The van der Waals surface area contributed by atoms with Crippen LogP contribution >= 0.6 is 0 Å². The molecule has 4 aromatic carbocycles. The quantitative estimate of drug-likeness (QED) is 0.161. The first-order valence-electron chi connectivity index (χ1n) is 19.4. The summed E-state index contributed by atoms with van der Waals surface area (Å²) in [4.78, 5) is 0. The average Bonchev–Trinajstić information content (AvgIpc) is 3.58. The summed E-state index contributed by atoms with van der Waals surface area (Å²) < 4.78 is 26.4. The van der Waals surface area contributed by atoms with Gasteiger partial charge in [0, 0.05) is 6.42 Å². The standard InChI is InChI=1S/C46H54O5/c1-46-24-11-18-40(46)39-22-20-36-26-35(19-21-37(36)38(39)23-25-46)27-41-43(47)45(50-30-34-16-9-4-10-17-34)44(49-29-33-14-7-3-8-15-33)42(51-41)31-48-28-32-12-5-2-6-13-32/h2-10,12-17,19,21,26,38-45,47H,11,18,20,22-25,27-31H2,1H3/t38-,39-,40+,41+,42-,43+,44-,45-,46+/m1/s1. The second-order valence-corrected chi connectivity index (χ2v) is 16.0. The van der Waals surface area contributed by atoms with Crippen LogP contribution in [0.2, 0.25) is 0 Å². The highest BCUT2D eigenvalue weighted by molar-refractivity contribution is 5.38. The maximum absolute atomic E-state index is 12.1. The van der Waals surface area contributed by atoms with Crippen LogP contribution in [0.25, 0.3) is 0 Å². The largest absolute Gasteiger partial charge is 0.388 e. The van der Waals surface area contributed by atoms with Crippen LogP contribution in [0.4, 0.5) is 0 Å². The summed E-state index contributed by atoms with van der Waals surface area (Å²) in [5, 5.41) is 12.1. The monoisotopic (exact) mass is 686 g/mol. The van der Waals surface area contributed by atoms with E-state index in [1.54, 1.807) is 5.56 Å². The lowest BCUT2D eigenvalue weighted by atomic mass is 9.56. The molecule has 5 nitrogen and oxygen atoms in total. The van der Waals surface area contributed by atoms with Crippen molar-refractivity contribution >= 4 is 0 Å². The van der Waals surface area contributed by atoms with Crippen molar-refractivity contribution in [2.45, 2.75) is 115 Å². The van der Waals surface area contributed by atoms with Gasteiger partial charge in [0.1, 0.15) is 24.4 Å². The summed E-state index contributed by atoms with van der Waals surface area (Å²) >= 11 is 0. The van der Waals surface area contributed by atoms with Gasteiger partial charge in [-0.3, -0.25) is 0 Å². The number of hydrogen-bond acceptors (Lipinski definition) is 5. The number of aliphatic hydroxyl groups is 1. The topological polar surface area (TPSA) is 57.2 Å². The molecule has 0 aromatic heterocycles. The SMILES string of the molecule is C[C@@]12CCC[C@H]1[C@@H]1CCc3cc(C[C@@H]4O[C@H](COCc5ccccc5)[C@@H](OCc5ccccc5)[C@H](OCc5ccccc5)[C@H]4O)ccc3[C@H]1CC2. The third-order valence-corrected chi connectivity index (χ3v) is 12.7. The second-order valence-electron chi connectivity index (χ2n) is 16.0. The number of aryl methyl sites for hydroxylation is 1. The van der Waals surface area contributed by atoms with Crippen LogP contribution in [0.1, 0.15) is 84.7 Å². The number of aliphatic hydroxyl groups excluding tert-OH is 1. The summed E-state index contributed by atoms with van der Waals surface area (Å²) in [6, 6.07) is 37.7. The molecule has 51 heavy (non-hydrogen) atoms. The molecule has 0 amide bonds. The van der Waals surface area contributed by atoms with Gasteiger partial charge in [-0.1, -0.05) is 123 Å². The van der Waals surface area contributed by atoms with Gasteiger partial charge in [0.25, 0.3) is 0 Å². The molecule has 1 heterocycles. The van der Waals surface area contributed by atoms with Crippen molar-refractivity contribution in [3.05, 3.63) is 143 Å². The van der Waals surface area contributed by atoms with Crippen molar-refractivity contribution < 1.29 is 24.1 Å². The van der Waals surface area contributed by atoms with Crippen LogP contribution < -0.4 is 0 Å². The van der Waals surface area contributed by atoms with E-state index in [0.717, 1.165) is 34.9 Å². The summed E-state index contributed by atoms with van der Waals surface area (Å²) in [6.45, 7) is 4.14. The van der Waals surface area contributed by atoms with Crippen molar-refractivity contribution in [1.82, 2.24) is 0 Å². The molecule has 3 aliphatic carbocycles. The van der Waals surface area contributed by atoms with Crippen LogP contribution in [0.15, 0.2) is 109 Å². The molecule has 0 unspecified atom stereocenters. The lowest BCUT2D eigenvalue weighted by Gasteiger charge is -2.49. The molecular weight excluding hydrogens is 633 g/mol. The van der Waals surface area contributed by atoms with Gasteiger partial charge in [-0.15, -0.1) is 0 Å². The fraction of sp³-hybridized carbons (Fsp3) is 0.478. The average molecular weight is 687 g/mol. The molecule has 9 atom stereocenters. The molecule has 4 aromatic rings. The third kappa shape index (κ3) is 7.75. The zero-order valence-electron chi connectivity index (χ0n) is 30.1. The Morgan fingerprint density at radius 1 is 0.686 bits per heavy atom. The number of ether oxygens (including phenoxy) is 4. The van der Waals surface area contributed by atoms with E-state index in [-0.39, 0.29) is 0 Å². The van der Waals surface area contributed by atoms with Crippen LogP contribution in [-0.4, -0.2) is 42.2 Å². The van der Waals surface area contributed by atoms with Gasteiger partial charge < -0.3 is 24.1 Å². The first-order valence-corrected chi connectivity index (χ1v) is 19.4. The van der Waals surface area contributed by atoms with Gasteiger partial charge in [-0.2, -0.15) is 0 Å². The molecule has 268 valence electrons. The van der Waals surface area contributed by atoms with E-state index >= 15 is 0 Å². The molecule has 3 fully saturated rings. The Labute approximate surface area is 304 Å². The van der Waals surface area contributed by atoms with Gasteiger partial charge in [0.2, 0.25) is 0 Å². The lowest BCUT2D eigenvalue weighted by Crippen LogP contribution is -2.60. The Morgan fingerprint density at radius 2 is 1.33 bits per heavy atom. The maximum atomic E-state index is 12.1. The van der Waals surface area contributed by atoms with Crippen LogP contribution in [0.5, 0.6) is 0 Å². The summed E-state index contributed by atoms with van der Waals surface area (Å²) in [7, 11) is 0. The van der Waals surface area contributed by atoms with Crippen molar-refractivity contribution in [2.75, 3.05) is 6.61 Å². The van der Waals surface area contributed by atoms with Gasteiger partial charge in [-0.05, 0) is 95.1 Å². The van der Waals surface area contributed by atoms with E-state index in [9.17, 15) is 5.11 Å².